The SMILES string of the molecule is CC1=Cc2c(-c3cccc(N(C)C)c3)cccc2[CH]1[Zr+2][CH]1C(C)=Cc2c(-c3cccc(N(C)C)c3)cccc21.[Cl-].[Cl-]. The van der Waals surface area contributed by atoms with E-state index >= 15 is 0 Å². The van der Waals surface area contributed by atoms with Gasteiger partial charge in [-0.05, 0) is 0 Å². The second kappa shape index (κ2) is 12.7. The van der Waals surface area contributed by atoms with Gasteiger partial charge in [0.1, 0.15) is 0 Å². The maximum atomic E-state index is 2.48. The van der Waals surface area contributed by atoms with Crippen LogP contribution in [-0.4, -0.2) is 28.2 Å². The first-order chi connectivity index (χ1) is 18.8. The van der Waals surface area contributed by atoms with Gasteiger partial charge >= 0.3 is 246 Å². The number of hydrogen-bond donors (Lipinski definition) is 0. The molecule has 2 aliphatic carbocycles. The van der Waals surface area contributed by atoms with E-state index in [-0.39, 0.29) is 24.8 Å². The zero-order chi connectivity index (χ0) is 27.3. The third-order valence-corrected chi connectivity index (χ3v) is 13.6. The average molecular weight is 659 g/mol. The summed E-state index contributed by atoms with van der Waals surface area (Å²) in [6.45, 7) is 4.73. The molecule has 0 radical (unpaired) electrons. The van der Waals surface area contributed by atoms with Crippen LogP contribution in [-0.2, 0) is 23.2 Å². The molecule has 0 bridgehead atoms. The van der Waals surface area contributed by atoms with Crippen molar-refractivity contribution in [1.82, 2.24) is 0 Å². The van der Waals surface area contributed by atoms with Crippen LogP contribution in [0.5, 0.6) is 0 Å². The Bertz CT molecular complexity index is 1520. The third kappa shape index (κ3) is 5.87. The maximum absolute atomic E-state index is 2.48. The number of nitrogens with zero attached hydrogens (tertiary/aromatic N) is 2. The molecule has 2 nitrogen and oxygen atoms in total. The number of benzene rings is 4. The van der Waals surface area contributed by atoms with Crippen LogP contribution in [0.15, 0.2) is 96.1 Å². The van der Waals surface area contributed by atoms with Crippen LogP contribution < -0.4 is 34.6 Å². The Kier molecular flexibility index (Phi) is 9.75. The van der Waals surface area contributed by atoms with E-state index in [1.807, 2.05) is 0 Å². The Labute approximate surface area is 269 Å². The molecule has 0 fully saturated rings. The molecule has 0 amide bonds. The smallest absolute Gasteiger partial charge is 1.00 e. The summed E-state index contributed by atoms with van der Waals surface area (Å²) in [5.74, 6) is 0. The third-order valence-electron chi connectivity index (χ3n) is 8.24. The van der Waals surface area contributed by atoms with Gasteiger partial charge in [-0.3, -0.25) is 0 Å². The van der Waals surface area contributed by atoms with Crippen LogP contribution in [0.2, 0.25) is 0 Å². The van der Waals surface area contributed by atoms with Gasteiger partial charge < -0.3 is 24.8 Å². The van der Waals surface area contributed by atoms with E-state index in [4.69, 9.17) is 0 Å². The first kappa shape index (κ1) is 31.4. The predicted molar refractivity (Wildman–Crippen MR) is 165 cm³/mol. The monoisotopic (exact) mass is 656 g/mol. The molecular weight excluding hydrogens is 623 g/mol. The van der Waals surface area contributed by atoms with Crippen LogP contribution in [0.4, 0.5) is 11.4 Å². The normalized spacial score (nSPS) is 16.3. The summed E-state index contributed by atoms with van der Waals surface area (Å²) < 4.78 is 1.20. The van der Waals surface area contributed by atoms with Crippen molar-refractivity contribution in [3.8, 4) is 22.3 Å². The van der Waals surface area contributed by atoms with Crippen LogP contribution in [0.25, 0.3) is 34.4 Å². The number of rotatable bonds is 6. The number of hydrogen-bond acceptors (Lipinski definition) is 2. The van der Waals surface area contributed by atoms with Gasteiger partial charge in [-0.2, -0.15) is 0 Å². The van der Waals surface area contributed by atoms with Crippen molar-refractivity contribution in [2.75, 3.05) is 38.0 Å². The molecule has 0 spiro atoms. The molecular formula is C36H36Cl2N2Zr. The topological polar surface area (TPSA) is 6.48 Å². The van der Waals surface area contributed by atoms with Crippen LogP contribution in [0.1, 0.15) is 43.4 Å². The number of anilines is 2. The standard InChI is InChI=1S/2C18H18N.2ClH.Zr/c2*1-13-10-14-7-5-9-17(18(14)11-13)15-6-4-8-16(12-15)19(2)3;;;/h2*4-12H,1-3H3;2*1H;/q;;;;+2/p-2. The van der Waals surface area contributed by atoms with Crippen molar-refractivity contribution in [3.05, 3.63) is 118 Å². The molecule has 0 saturated heterocycles. The molecule has 41 heavy (non-hydrogen) atoms. The summed E-state index contributed by atoms with van der Waals surface area (Å²) in [5.41, 5.74) is 16.9. The van der Waals surface area contributed by atoms with Crippen LogP contribution >= 0.6 is 0 Å². The zero-order valence-corrected chi connectivity index (χ0v) is 28.5. The molecule has 6 rings (SSSR count). The molecule has 0 aromatic heterocycles. The Morgan fingerprint density at radius 3 is 1.32 bits per heavy atom. The summed E-state index contributed by atoms with van der Waals surface area (Å²) >= 11 is -0.901. The minimum atomic E-state index is -0.901. The fraction of sp³-hybridized carbons (Fsp3) is 0.222. The first-order valence-electron chi connectivity index (χ1n) is 13.8. The van der Waals surface area contributed by atoms with Gasteiger partial charge in [0, 0.05) is 0 Å². The van der Waals surface area contributed by atoms with Gasteiger partial charge in [-0.1, -0.05) is 0 Å². The second-order valence-corrected chi connectivity index (χ2v) is 15.0. The van der Waals surface area contributed by atoms with E-state index in [1.165, 1.54) is 44.8 Å². The van der Waals surface area contributed by atoms with Gasteiger partial charge in [-0.15, -0.1) is 0 Å². The molecule has 5 heteroatoms. The minimum absolute atomic E-state index is 0. The average Bonchev–Trinajstić information content (AvgIpc) is 3.44. The van der Waals surface area contributed by atoms with E-state index in [9.17, 15) is 0 Å². The Morgan fingerprint density at radius 2 is 0.927 bits per heavy atom. The number of halogens is 2. The molecule has 208 valence electrons. The summed E-state index contributed by atoms with van der Waals surface area (Å²) in [4.78, 5) is 4.37. The van der Waals surface area contributed by atoms with Gasteiger partial charge in [0.05, 0.1) is 0 Å². The molecule has 0 N–H and O–H groups in total. The van der Waals surface area contributed by atoms with E-state index in [2.05, 4.69) is 149 Å². The van der Waals surface area contributed by atoms with Crippen molar-refractivity contribution in [2.24, 2.45) is 0 Å². The largest absolute Gasteiger partial charge is 1.00 e. The molecule has 0 aliphatic heterocycles. The van der Waals surface area contributed by atoms with Crippen molar-refractivity contribution in [3.63, 3.8) is 0 Å². The van der Waals surface area contributed by atoms with E-state index in [0.29, 0.717) is 7.25 Å². The molecule has 2 unspecified atom stereocenters. The summed E-state index contributed by atoms with van der Waals surface area (Å²) in [6.07, 6.45) is 4.97. The van der Waals surface area contributed by atoms with Crippen LogP contribution in [0, 0.1) is 0 Å². The number of allylic oxidation sites excluding steroid dienone is 2. The quantitative estimate of drug-likeness (QED) is 0.315. The molecule has 2 atom stereocenters. The van der Waals surface area contributed by atoms with E-state index < -0.39 is 23.2 Å². The minimum Gasteiger partial charge on any atom is -1.00 e. The van der Waals surface area contributed by atoms with Crippen molar-refractivity contribution in [2.45, 2.75) is 21.1 Å². The molecule has 4 aromatic carbocycles. The maximum Gasteiger partial charge on any atom is -1.00 e. The van der Waals surface area contributed by atoms with Gasteiger partial charge in [-0.25, -0.2) is 0 Å². The predicted octanol–water partition coefficient (Wildman–Crippen LogP) is 2.86. The molecule has 4 aromatic rings. The molecule has 0 saturated carbocycles. The summed E-state index contributed by atoms with van der Waals surface area (Å²) in [5, 5.41) is 0. The van der Waals surface area contributed by atoms with Gasteiger partial charge in [0.25, 0.3) is 0 Å². The summed E-state index contributed by atoms with van der Waals surface area (Å²) in [7, 11) is 8.45. The fourth-order valence-electron chi connectivity index (χ4n) is 6.12. The zero-order valence-electron chi connectivity index (χ0n) is 24.5. The second-order valence-electron chi connectivity index (χ2n) is 11.3. The Balaban J connectivity index is 0.00000194. The summed E-state index contributed by atoms with van der Waals surface area (Å²) in [6, 6.07) is 31.8. The van der Waals surface area contributed by atoms with Gasteiger partial charge in [0.15, 0.2) is 0 Å². The Morgan fingerprint density at radius 1 is 0.537 bits per heavy atom. The molecule has 2 aliphatic rings. The van der Waals surface area contributed by atoms with Crippen molar-refractivity contribution >= 4 is 23.5 Å². The van der Waals surface area contributed by atoms with Crippen LogP contribution in [0.3, 0.4) is 0 Å². The van der Waals surface area contributed by atoms with E-state index in [1.54, 1.807) is 22.3 Å². The first-order valence-corrected chi connectivity index (χ1v) is 16.6. The van der Waals surface area contributed by atoms with Gasteiger partial charge in [0.2, 0.25) is 0 Å². The molecule has 0 heterocycles. The van der Waals surface area contributed by atoms with Crippen molar-refractivity contribution in [1.29, 1.82) is 0 Å². The fourth-order valence-corrected chi connectivity index (χ4v) is 10.8. The Hall–Kier alpha value is -2.58. The van der Waals surface area contributed by atoms with E-state index in [0.717, 1.165) is 0 Å². The van der Waals surface area contributed by atoms with Crippen molar-refractivity contribution < 1.29 is 48.0 Å². The number of fused-ring (bicyclic) bond motifs is 2.